The fourth-order valence-electron chi connectivity index (χ4n) is 5.48. The van der Waals surface area contributed by atoms with Crippen LogP contribution in [0.4, 0.5) is 5.69 Å². The Balaban J connectivity index is 1.20. The number of benzene rings is 3. The number of carbonyl (C=O) groups is 1. The number of piperazine rings is 1. The van der Waals surface area contributed by atoms with Gasteiger partial charge in [-0.05, 0) is 61.1 Å². The van der Waals surface area contributed by atoms with Crippen molar-refractivity contribution in [2.45, 2.75) is 24.2 Å². The monoisotopic (exact) mass is 563 g/mol. The Morgan fingerprint density at radius 2 is 1.50 bits per heavy atom. The Morgan fingerprint density at radius 1 is 0.850 bits per heavy atom. The van der Waals surface area contributed by atoms with Gasteiger partial charge in [0, 0.05) is 39.3 Å². The highest BCUT2D eigenvalue weighted by molar-refractivity contribution is 7.89. The summed E-state index contributed by atoms with van der Waals surface area (Å²) < 4.78 is 40.1. The fraction of sp³-hybridized carbons (Fsp3) is 0.387. The molecule has 0 saturated carbocycles. The Morgan fingerprint density at radius 3 is 2.15 bits per heavy atom. The second-order valence-corrected chi connectivity index (χ2v) is 12.3. The average molecular weight is 564 g/mol. The number of piperidine rings is 1. The summed E-state index contributed by atoms with van der Waals surface area (Å²) in [6.07, 6.45) is 2.68. The maximum atomic E-state index is 13.6. The van der Waals surface area contributed by atoms with Crippen LogP contribution in [0, 0.1) is 5.92 Å². The van der Waals surface area contributed by atoms with Crippen LogP contribution in [0.3, 0.4) is 0 Å². The van der Waals surface area contributed by atoms with Crippen molar-refractivity contribution in [1.29, 1.82) is 0 Å². The zero-order valence-electron chi connectivity index (χ0n) is 22.9. The normalized spacial score (nSPS) is 17.0. The van der Waals surface area contributed by atoms with Crippen molar-refractivity contribution in [3.8, 4) is 11.5 Å². The summed E-state index contributed by atoms with van der Waals surface area (Å²) in [6, 6.07) is 24.8. The zero-order chi connectivity index (χ0) is 28.0. The van der Waals surface area contributed by atoms with Gasteiger partial charge >= 0.3 is 0 Å². The number of ether oxygens (including phenoxy) is 2. The highest BCUT2D eigenvalue weighted by atomic mass is 32.2. The average Bonchev–Trinajstić information content (AvgIpc) is 3.01. The van der Waals surface area contributed by atoms with Gasteiger partial charge in [-0.3, -0.25) is 4.79 Å². The first-order valence-electron chi connectivity index (χ1n) is 13.9. The maximum Gasteiger partial charge on any atom is 0.260 e. The quantitative estimate of drug-likeness (QED) is 0.391. The van der Waals surface area contributed by atoms with Crippen LogP contribution in [0.25, 0.3) is 0 Å². The molecule has 2 aliphatic heterocycles. The summed E-state index contributed by atoms with van der Waals surface area (Å²) in [5.41, 5.74) is 2.03. The number of methoxy groups -OCH3 is 1. The van der Waals surface area contributed by atoms with Crippen LogP contribution in [0.2, 0.25) is 0 Å². The van der Waals surface area contributed by atoms with Crippen LogP contribution in [-0.2, 0) is 21.2 Å². The number of nitrogens with zero attached hydrogens (tertiary/aromatic N) is 3. The Kier molecular flexibility index (Phi) is 8.91. The smallest absolute Gasteiger partial charge is 0.260 e. The van der Waals surface area contributed by atoms with Gasteiger partial charge in [-0.15, -0.1) is 0 Å². The van der Waals surface area contributed by atoms with E-state index in [2.05, 4.69) is 17.0 Å². The van der Waals surface area contributed by atoms with E-state index in [1.54, 1.807) is 34.5 Å². The third-order valence-electron chi connectivity index (χ3n) is 7.81. The van der Waals surface area contributed by atoms with Crippen molar-refractivity contribution in [3.63, 3.8) is 0 Å². The molecule has 0 atom stereocenters. The summed E-state index contributed by atoms with van der Waals surface area (Å²) >= 11 is 0. The van der Waals surface area contributed by atoms with Gasteiger partial charge in [-0.1, -0.05) is 48.5 Å². The Bertz CT molecular complexity index is 1370. The zero-order valence-corrected chi connectivity index (χ0v) is 23.8. The van der Waals surface area contributed by atoms with E-state index < -0.39 is 10.0 Å². The minimum absolute atomic E-state index is 0.0108. The van der Waals surface area contributed by atoms with E-state index in [9.17, 15) is 13.2 Å². The van der Waals surface area contributed by atoms with Gasteiger partial charge < -0.3 is 19.3 Å². The van der Waals surface area contributed by atoms with Crippen molar-refractivity contribution >= 4 is 21.6 Å². The first-order valence-corrected chi connectivity index (χ1v) is 15.3. The number of hydrogen-bond acceptors (Lipinski definition) is 6. The van der Waals surface area contributed by atoms with Crippen molar-refractivity contribution in [1.82, 2.24) is 9.21 Å². The molecular formula is C31H37N3O5S. The maximum absolute atomic E-state index is 13.6. The lowest BCUT2D eigenvalue weighted by Gasteiger charge is -2.37. The van der Waals surface area contributed by atoms with Gasteiger partial charge in [0.25, 0.3) is 5.91 Å². The molecule has 0 unspecified atom stereocenters. The topological polar surface area (TPSA) is 79.4 Å². The van der Waals surface area contributed by atoms with Gasteiger partial charge in [-0.2, -0.15) is 4.31 Å². The molecule has 0 N–H and O–H groups in total. The summed E-state index contributed by atoms with van der Waals surface area (Å²) in [6.45, 7) is 3.21. The molecule has 0 aromatic heterocycles. The number of hydrogen-bond donors (Lipinski definition) is 0. The van der Waals surface area contributed by atoms with Crippen LogP contribution in [-0.4, -0.2) is 76.5 Å². The third kappa shape index (κ3) is 6.59. The standard InChI is InChI=1S/C31H37N3O5S/c1-38-30-13-12-28(40(36,37)34-16-14-26(15-17-34)22-25-8-4-2-5-9-25)23-29(30)32-18-20-33(21-19-32)31(35)24-39-27-10-6-3-7-11-27/h2-13,23,26H,14-22,24H2,1H3. The SMILES string of the molecule is COc1ccc(S(=O)(=O)N2CCC(Cc3ccccc3)CC2)cc1N1CCN(C(=O)COc2ccccc2)CC1. The van der Waals surface area contributed by atoms with Crippen LogP contribution in [0.1, 0.15) is 18.4 Å². The van der Waals surface area contributed by atoms with Crippen LogP contribution in [0.5, 0.6) is 11.5 Å². The molecule has 0 radical (unpaired) electrons. The second kappa shape index (κ2) is 12.7. The van der Waals surface area contributed by atoms with Crippen molar-refractivity contribution in [3.05, 3.63) is 84.4 Å². The molecule has 0 spiro atoms. The van der Waals surface area contributed by atoms with Crippen LogP contribution >= 0.6 is 0 Å². The summed E-state index contributed by atoms with van der Waals surface area (Å²) in [5, 5.41) is 0. The molecule has 3 aromatic rings. The number of rotatable bonds is 9. The van der Waals surface area contributed by atoms with Crippen LogP contribution in [0.15, 0.2) is 83.8 Å². The minimum atomic E-state index is -3.63. The largest absolute Gasteiger partial charge is 0.495 e. The van der Waals surface area contributed by atoms with Gasteiger partial charge in [0.2, 0.25) is 10.0 Å². The number of para-hydroxylation sites is 1. The first-order chi connectivity index (χ1) is 19.4. The molecule has 5 rings (SSSR count). The van der Waals surface area contributed by atoms with E-state index in [0.29, 0.717) is 56.7 Å². The van der Waals surface area contributed by atoms with E-state index in [1.807, 2.05) is 48.5 Å². The lowest BCUT2D eigenvalue weighted by Crippen LogP contribution is -2.50. The van der Waals surface area contributed by atoms with E-state index in [4.69, 9.17) is 9.47 Å². The Labute approximate surface area is 237 Å². The van der Waals surface area contributed by atoms with Gasteiger partial charge in [0.1, 0.15) is 11.5 Å². The lowest BCUT2D eigenvalue weighted by atomic mass is 9.91. The van der Waals surface area contributed by atoms with E-state index >= 15 is 0 Å². The highest BCUT2D eigenvalue weighted by Crippen LogP contribution is 2.34. The molecule has 3 aromatic carbocycles. The predicted octanol–water partition coefficient (Wildman–Crippen LogP) is 4.07. The third-order valence-corrected chi connectivity index (χ3v) is 9.70. The molecule has 212 valence electrons. The van der Waals surface area contributed by atoms with Crippen molar-refractivity contribution < 1.29 is 22.7 Å². The molecule has 8 nitrogen and oxygen atoms in total. The molecule has 40 heavy (non-hydrogen) atoms. The number of carbonyl (C=O) groups excluding carboxylic acids is 1. The summed E-state index contributed by atoms with van der Waals surface area (Å²) in [4.78, 5) is 16.8. The molecular weight excluding hydrogens is 526 g/mol. The molecule has 2 fully saturated rings. The molecule has 2 heterocycles. The summed E-state index contributed by atoms with van der Waals surface area (Å²) in [5.74, 6) is 1.70. The number of anilines is 1. The molecule has 2 saturated heterocycles. The fourth-order valence-corrected chi connectivity index (χ4v) is 6.97. The molecule has 2 aliphatic rings. The van der Waals surface area contributed by atoms with E-state index in [0.717, 1.165) is 24.9 Å². The second-order valence-electron chi connectivity index (χ2n) is 10.3. The van der Waals surface area contributed by atoms with Gasteiger partial charge in [-0.25, -0.2) is 8.42 Å². The van der Waals surface area contributed by atoms with Crippen molar-refractivity contribution in [2.24, 2.45) is 5.92 Å². The van der Waals surface area contributed by atoms with E-state index in [-0.39, 0.29) is 17.4 Å². The van der Waals surface area contributed by atoms with Gasteiger partial charge in [0.15, 0.2) is 6.61 Å². The summed E-state index contributed by atoms with van der Waals surface area (Å²) in [7, 11) is -2.04. The van der Waals surface area contributed by atoms with Crippen molar-refractivity contribution in [2.75, 3.05) is 57.9 Å². The van der Waals surface area contributed by atoms with E-state index in [1.165, 1.54) is 5.56 Å². The molecule has 0 bridgehead atoms. The lowest BCUT2D eigenvalue weighted by molar-refractivity contribution is -0.133. The number of amides is 1. The van der Waals surface area contributed by atoms with Crippen LogP contribution < -0.4 is 14.4 Å². The van der Waals surface area contributed by atoms with Gasteiger partial charge in [0.05, 0.1) is 17.7 Å². The number of sulfonamides is 1. The molecule has 9 heteroatoms. The molecule has 0 aliphatic carbocycles. The highest BCUT2D eigenvalue weighted by Gasteiger charge is 2.31. The first kappa shape index (κ1) is 28.0. The molecule has 1 amide bonds. The minimum Gasteiger partial charge on any atom is -0.495 e. The predicted molar refractivity (Wildman–Crippen MR) is 155 cm³/mol. The Hall–Kier alpha value is -3.56.